The maximum absolute atomic E-state index is 12.2. The van der Waals surface area contributed by atoms with Gasteiger partial charge in [-0.3, -0.25) is 4.79 Å². The van der Waals surface area contributed by atoms with E-state index in [0.717, 1.165) is 31.5 Å². The number of rotatable bonds is 5. The van der Waals surface area contributed by atoms with Gasteiger partial charge in [-0.15, -0.1) is 0 Å². The molecule has 1 heterocycles. The molecule has 0 bridgehead atoms. The van der Waals surface area contributed by atoms with Gasteiger partial charge in [-0.25, -0.2) is 0 Å². The SMILES string of the molecule is COc1ccc(CC(=O)C2CCCNC2)cc1OC. The van der Waals surface area contributed by atoms with Gasteiger partial charge in [0.05, 0.1) is 14.2 Å². The van der Waals surface area contributed by atoms with Crippen LogP contribution in [0, 0.1) is 5.92 Å². The van der Waals surface area contributed by atoms with Crippen molar-refractivity contribution in [3.05, 3.63) is 23.8 Å². The first-order valence-electron chi connectivity index (χ1n) is 6.69. The second-order valence-electron chi connectivity index (χ2n) is 4.88. The van der Waals surface area contributed by atoms with Crippen molar-refractivity contribution in [1.82, 2.24) is 5.32 Å². The van der Waals surface area contributed by atoms with Crippen molar-refractivity contribution in [1.29, 1.82) is 0 Å². The molecular formula is C15H21NO3. The molecule has 1 saturated heterocycles. The van der Waals surface area contributed by atoms with E-state index in [4.69, 9.17) is 9.47 Å². The van der Waals surface area contributed by atoms with E-state index in [-0.39, 0.29) is 5.92 Å². The Morgan fingerprint density at radius 3 is 2.74 bits per heavy atom. The topological polar surface area (TPSA) is 47.6 Å². The third-order valence-electron chi connectivity index (χ3n) is 3.58. The number of Topliss-reactive ketones (excluding diaryl/α,β-unsaturated/α-hetero) is 1. The van der Waals surface area contributed by atoms with Crippen LogP contribution in [0.25, 0.3) is 0 Å². The van der Waals surface area contributed by atoms with Gasteiger partial charge >= 0.3 is 0 Å². The van der Waals surface area contributed by atoms with Crippen LogP contribution >= 0.6 is 0 Å². The first kappa shape index (κ1) is 13.9. The number of hydrogen-bond acceptors (Lipinski definition) is 4. The number of ether oxygens (including phenoxy) is 2. The van der Waals surface area contributed by atoms with Gasteiger partial charge in [0.25, 0.3) is 0 Å². The Kier molecular flexibility index (Phi) is 4.80. The molecule has 4 nitrogen and oxygen atoms in total. The minimum atomic E-state index is 0.154. The Labute approximate surface area is 114 Å². The molecule has 2 rings (SSSR count). The highest BCUT2D eigenvalue weighted by Gasteiger charge is 2.21. The lowest BCUT2D eigenvalue weighted by Gasteiger charge is -2.21. The third kappa shape index (κ3) is 3.47. The number of nitrogens with one attached hydrogen (secondary N) is 1. The molecule has 0 amide bonds. The number of carbonyl (C=O) groups is 1. The Morgan fingerprint density at radius 2 is 2.11 bits per heavy atom. The van der Waals surface area contributed by atoms with Crippen molar-refractivity contribution in [2.24, 2.45) is 5.92 Å². The molecule has 1 aromatic carbocycles. The number of piperidine rings is 1. The molecule has 1 fully saturated rings. The summed E-state index contributed by atoms with van der Waals surface area (Å²) in [4.78, 5) is 12.2. The van der Waals surface area contributed by atoms with Gasteiger partial charge < -0.3 is 14.8 Å². The zero-order valence-electron chi connectivity index (χ0n) is 11.6. The minimum Gasteiger partial charge on any atom is -0.493 e. The maximum atomic E-state index is 12.2. The Hall–Kier alpha value is -1.55. The monoisotopic (exact) mass is 263 g/mol. The third-order valence-corrected chi connectivity index (χ3v) is 3.58. The zero-order chi connectivity index (χ0) is 13.7. The average Bonchev–Trinajstić information content (AvgIpc) is 2.48. The second-order valence-corrected chi connectivity index (χ2v) is 4.88. The predicted molar refractivity (Wildman–Crippen MR) is 73.9 cm³/mol. The van der Waals surface area contributed by atoms with E-state index in [0.29, 0.717) is 23.7 Å². The van der Waals surface area contributed by atoms with Gasteiger partial charge in [-0.1, -0.05) is 6.07 Å². The summed E-state index contributed by atoms with van der Waals surface area (Å²) < 4.78 is 10.4. The molecule has 0 radical (unpaired) electrons. The summed E-state index contributed by atoms with van der Waals surface area (Å²) >= 11 is 0. The number of benzene rings is 1. The molecule has 104 valence electrons. The fraction of sp³-hybridized carbons (Fsp3) is 0.533. The van der Waals surface area contributed by atoms with E-state index in [1.807, 2.05) is 18.2 Å². The molecule has 0 saturated carbocycles. The average molecular weight is 263 g/mol. The Balaban J connectivity index is 2.03. The number of hydrogen-bond donors (Lipinski definition) is 1. The molecule has 1 atom stereocenters. The maximum Gasteiger partial charge on any atom is 0.161 e. The molecule has 19 heavy (non-hydrogen) atoms. The number of methoxy groups -OCH3 is 2. The van der Waals surface area contributed by atoms with Gasteiger partial charge in [0, 0.05) is 18.9 Å². The van der Waals surface area contributed by atoms with Gasteiger partial charge in [0.2, 0.25) is 0 Å². The summed E-state index contributed by atoms with van der Waals surface area (Å²) in [6.45, 7) is 1.84. The van der Waals surface area contributed by atoms with E-state index in [2.05, 4.69) is 5.32 Å². The van der Waals surface area contributed by atoms with Gasteiger partial charge in [0.1, 0.15) is 5.78 Å². The van der Waals surface area contributed by atoms with E-state index in [1.165, 1.54) is 0 Å². The van der Waals surface area contributed by atoms with Crippen LogP contribution in [0.15, 0.2) is 18.2 Å². The molecule has 1 aromatic rings. The van der Waals surface area contributed by atoms with Gasteiger partial charge in [-0.05, 0) is 37.1 Å². The first-order valence-corrected chi connectivity index (χ1v) is 6.69. The van der Waals surface area contributed by atoms with E-state index in [9.17, 15) is 4.79 Å². The minimum absolute atomic E-state index is 0.154. The van der Waals surface area contributed by atoms with E-state index in [1.54, 1.807) is 14.2 Å². The molecule has 1 unspecified atom stereocenters. The summed E-state index contributed by atoms with van der Waals surface area (Å²) in [6, 6.07) is 5.66. The van der Waals surface area contributed by atoms with Crippen LogP contribution in [-0.2, 0) is 11.2 Å². The molecular weight excluding hydrogens is 242 g/mol. The fourth-order valence-corrected chi connectivity index (χ4v) is 2.46. The van der Waals surface area contributed by atoms with E-state index < -0.39 is 0 Å². The highest BCUT2D eigenvalue weighted by molar-refractivity contribution is 5.83. The van der Waals surface area contributed by atoms with Crippen LogP contribution in [0.2, 0.25) is 0 Å². The highest BCUT2D eigenvalue weighted by Crippen LogP contribution is 2.28. The van der Waals surface area contributed by atoms with Gasteiger partial charge in [0.15, 0.2) is 11.5 Å². The van der Waals surface area contributed by atoms with Crippen LogP contribution in [0.3, 0.4) is 0 Å². The molecule has 0 aliphatic carbocycles. The highest BCUT2D eigenvalue weighted by atomic mass is 16.5. The molecule has 1 aliphatic rings. The molecule has 0 spiro atoms. The second kappa shape index (κ2) is 6.57. The summed E-state index contributed by atoms with van der Waals surface area (Å²) in [6.07, 6.45) is 2.55. The lowest BCUT2D eigenvalue weighted by atomic mass is 9.91. The van der Waals surface area contributed by atoms with E-state index >= 15 is 0 Å². The predicted octanol–water partition coefficient (Wildman–Crippen LogP) is 1.81. The molecule has 0 aromatic heterocycles. The number of ketones is 1. The van der Waals surface area contributed by atoms with Crippen molar-refractivity contribution >= 4 is 5.78 Å². The van der Waals surface area contributed by atoms with Crippen LogP contribution in [0.1, 0.15) is 18.4 Å². The number of carbonyl (C=O) groups excluding carboxylic acids is 1. The summed E-state index contributed by atoms with van der Waals surface area (Å²) in [7, 11) is 3.21. The fourth-order valence-electron chi connectivity index (χ4n) is 2.46. The van der Waals surface area contributed by atoms with Crippen molar-refractivity contribution in [3.63, 3.8) is 0 Å². The first-order chi connectivity index (χ1) is 9.24. The Morgan fingerprint density at radius 1 is 1.32 bits per heavy atom. The summed E-state index contributed by atoms with van der Waals surface area (Å²) in [5.41, 5.74) is 0.980. The summed E-state index contributed by atoms with van der Waals surface area (Å²) in [5.74, 6) is 1.83. The Bertz CT molecular complexity index is 439. The van der Waals surface area contributed by atoms with Gasteiger partial charge in [-0.2, -0.15) is 0 Å². The van der Waals surface area contributed by atoms with Crippen molar-refractivity contribution < 1.29 is 14.3 Å². The molecule has 4 heteroatoms. The molecule has 1 aliphatic heterocycles. The normalized spacial score (nSPS) is 18.9. The smallest absolute Gasteiger partial charge is 0.161 e. The standard InChI is InChI=1S/C15H21NO3/c1-18-14-6-5-11(9-15(14)19-2)8-13(17)12-4-3-7-16-10-12/h5-6,9,12,16H,3-4,7-8,10H2,1-2H3. The summed E-state index contributed by atoms with van der Waals surface area (Å²) in [5, 5.41) is 3.28. The van der Waals surface area contributed by atoms with Crippen LogP contribution in [0.4, 0.5) is 0 Å². The quantitative estimate of drug-likeness (QED) is 0.880. The zero-order valence-corrected chi connectivity index (χ0v) is 11.6. The van der Waals surface area contributed by atoms with Crippen LogP contribution < -0.4 is 14.8 Å². The van der Waals surface area contributed by atoms with Crippen molar-refractivity contribution in [3.8, 4) is 11.5 Å². The van der Waals surface area contributed by atoms with Crippen molar-refractivity contribution in [2.45, 2.75) is 19.3 Å². The van der Waals surface area contributed by atoms with Crippen LogP contribution in [0.5, 0.6) is 11.5 Å². The van der Waals surface area contributed by atoms with Crippen LogP contribution in [-0.4, -0.2) is 33.1 Å². The molecule has 1 N–H and O–H groups in total. The lowest BCUT2D eigenvalue weighted by molar-refractivity contribution is -0.122. The largest absolute Gasteiger partial charge is 0.493 e. The lowest BCUT2D eigenvalue weighted by Crippen LogP contribution is -2.35. The van der Waals surface area contributed by atoms with Crippen molar-refractivity contribution in [2.75, 3.05) is 27.3 Å².